The van der Waals surface area contributed by atoms with Gasteiger partial charge in [-0.1, -0.05) is 36.4 Å². The topological polar surface area (TPSA) is 51.1 Å². The quantitative estimate of drug-likeness (QED) is 0.504. The minimum atomic E-state index is -4.39. The molecule has 1 heterocycles. The number of fused-ring (bicyclic) bond motifs is 2. The van der Waals surface area contributed by atoms with E-state index in [4.69, 9.17) is 0 Å². The number of hydrogen-bond donors (Lipinski definition) is 1. The summed E-state index contributed by atoms with van der Waals surface area (Å²) in [6, 6.07) is 18.8. The molecule has 1 amide bonds. The number of carbonyl (C=O) groups is 1. The van der Waals surface area contributed by atoms with Crippen molar-refractivity contribution in [3.05, 3.63) is 94.1 Å². The minimum Gasteiger partial charge on any atom is -0.350 e. The van der Waals surface area contributed by atoms with E-state index in [9.17, 15) is 22.8 Å². The number of alkyl halides is 3. The Balaban J connectivity index is 1.59. The molecule has 30 heavy (non-hydrogen) atoms. The van der Waals surface area contributed by atoms with Crippen molar-refractivity contribution in [3.63, 3.8) is 0 Å². The molecule has 0 aliphatic heterocycles. The lowest BCUT2D eigenvalue weighted by Gasteiger charge is -2.15. The SMILES string of the molecule is O=C(Cn1c2ccccc2c(=O)c2ccccc21)NCc1ccc(C(F)(F)F)cc1. The van der Waals surface area contributed by atoms with Gasteiger partial charge in [-0.25, -0.2) is 0 Å². The smallest absolute Gasteiger partial charge is 0.350 e. The number of amides is 1. The summed E-state index contributed by atoms with van der Waals surface area (Å²) in [7, 11) is 0. The van der Waals surface area contributed by atoms with Gasteiger partial charge in [0, 0.05) is 17.3 Å². The first kappa shape index (κ1) is 19.7. The van der Waals surface area contributed by atoms with Crippen LogP contribution >= 0.6 is 0 Å². The standard InChI is InChI=1S/C23H17F3N2O2/c24-23(25,26)16-11-9-15(10-12-16)13-27-21(29)14-28-19-7-3-1-5-17(19)22(30)18-6-2-4-8-20(18)28/h1-12H,13-14H2,(H,27,29). The molecular weight excluding hydrogens is 393 g/mol. The highest BCUT2D eigenvalue weighted by atomic mass is 19.4. The fourth-order valence-electron chi connectivity index (χ4n) is 3.46. The first-order chi connectivity index (χ1) is 14.3. The monoisotopic (exact) mass is 410 g/mol. The van der Waals surface area contributed by atoms with Crippen LogP contribution in [0.5, 0.6) is 0 Å². The number of para-hydroxylation sites is 2. The van der Waals surface area contributed by atoms with Gasteiger partial charge < -0.3 is 9.88 Å². The van der Waals surface area contributed by atoms with Gasteiger partial charge in [0.05, 0.1) is 16.6 Å². The minimum absolute atomic E-state index is 0.0259. The van der Waals surface area contributed by atoms with E-state index in [-0.39, 0.29) is 24.4 Å². The Morgan fingerprint density at radius 2 is 1.37 bits per heavy atom. The van der Waals surface area contributed by atoms with Gasteiger partial charge in [0.1, 0.15) is 6.54 Å². The summed E-state index contributed by atoms with van der Waals surface area (Å²) < 4.78 is 39.8. The molecule has 3 aromatic carbocycles. The summed E-state index contributed by atoms with van der Waals surface area (Å²) in [5, 5.41) is 3.77. The highest BCUT2D eigenvalue weighted by Crippen LogP contribution is 2.29. The van der Waals surface area contributed by atoms with Crippen LogP contribution in [0.3, 0.4) is 0 Å². The molecule has 0 atom stereocenters. The predicted octanol–water partition coefficient (Wildman–Crippen LogP) is 4.49. The Morgan fingerprint density at radius 3 is 1.90 bits per heavy atom. The van der Waals surface area contributed by atoms with Crippen molar-refractivity contribution < 1.29 is 18.0 Å². The number of pyridine rings is 1. The molecule has 4 nitrogen and oxygen atoms in total. The number of benzene rings is 3. The van der Waals surface area contributed by atoms with E-state index in [0.29, 0.717) is 27.4 Å². The lowest BCUT2D eigenvalue weighted by atomic mass is 10.1. The van der Waals surface area contributed by atoms with Gasteiger partial charge in [-0.15, -0.1) is 0 Å². The number of aromatic nitrogens is 1. The molecule has 7 heteroatoms. The van der Waals surface area contributed by atoms with Crippen molar-refractivity contribution in [1.29, 1.82) is 0 Å². The fourth-order valence-corrected chi connectivity index (χ4v) is 3.46. The molecule has 1 aromatic heterocycles. The van der Waals surface area contributed by atoms with E-state index in [1.54, 1.807) is 53.1 Å². The molecule has 0 spiro atoms. The summed E-state index contributed by atoms with van der Waals surface area (Å²) in [6.45, 7) is 0.0783. The zero-order valence-corrected chi connectivity index (χ0v) is 15.7. The van der Waals surface area contributed by atoms with Crippen LogP contribution in [0.25, 0.3) is 21.8 Å². The van der Waals surface area contributed by atoms with Gasteiger partial charge in [0.15, 0.2) is 5.43 Å². The van der Waals surface area contributed by atoms with E-state index >= 15 is 0 Å². The van der Waals surface area contributed by atoms with E-state index in [1.165, 1.54) is 12.1 Å². The Labute approximate surface area is 169 Å². The summed E-state index contributed by atoms with van der Waals surface area (Å²) in [5.41, 5.74) is 1.02. The van der Waals surface area contributed by atoms with Crippen LogP contribution in [-0.2, 0) is 24.1 Å². The molecule has 4 rings (SSSR count). The normalized spacial score (nSPS) is 11.7. The predicted molar refractivity (Wildman–Crippen MR) is 109 cm³/mol. The molecule has 0 radical (unpaired) electrons. The van der Waals surface area contributed by atoms with Crippen LogP contribution in [0.2, 0.25) is 0 Å². The Bertz CT molecular complexity index is 1230. The summed E-state index contributed by atoms with van der Waals surface area (Å²) in [6.07, 6.45) is -4.39. The molecule has 4 aromatic rings. The maximum Gasteiger partial charge on any atom is 0.416 e. The number of halogens is 3. The molecule has 152 valence electrons. The zero-order chi connectivity index (χ0) is 21.3. The second-order valence-electron chi connectivity index (χ2n) is 6.92. The van der Waals surface area contributed by atoms with Crippen molar-refractivity contribution in [3.8, 4) is 0 Å². The summed E-state index contributed by atoms with van der Waals surface area (Å²) in [5.74, 6) is -0.311. The van der Waals surface area contributed by atoms with Crippen LogP contribution < -0.4 is 10.7 Å². The third-order valence-corrected chi connectivity index (χ3v) is 4.95. The van der Waals surface area contributed by atoms with Crippen molar-refractivity contribution in [2.24, 2.45) is 0 Å². The summed E-state index contributed by atoms with van der Waals surface area (Å²) >= 11 is 0. The molecule has 0 saturated carbocycles. The Morgan fingerprint density at radius 1 is 0.833 bits per heavy atom. The first-order valence-corrected chi connectivity index (χ1v) is 9.28. The van der Waals surface area contributed by atoms with E-state index in [1.807, 2.05) is 0 Å². The number of nitrogens with zero attached hydrogens (tertiary/aromatic N) is 1. The van der Waals surface area contributed by atoms with E-state index in [0.717, 1.165) is 12.1 Å². The average Bonchev–Trinajstić information content (AvgIpc) is 2.75. The summed E-state index contributed by atoms with van der Waals surface area (Å²) in [4.78, 5) is 25.3. The lowest BCUT2D eigenvalue weighted by molar-refractivity contribution is -0.137. The molecule has 0 aliphatic rings. The van der Waals surface area contributed by atoms with Crippen molar-refractivity contribution >= 4 is 27.7 Å². The van der Waals surface area contributed by atoms with Crippen LogP contribution in [0.1, 0.15) is 11.1 Å². The van der Waals surface area contributed by atoms with Crippen molar-refractivity contribution in [1.82, 2.24) is 9.88 Å². The van der Waals surface area contributed by atoms with Gasteiger partial charge in [0.2, 0.25) is 5.91 Å². The van der Waals surface area contributed by atoms with Crippen LogP contribution in [-0.4, -0.2) is 10.5 Å². The molecule has 0 saturated heterocycles. The Hall–Kier alpha value is -3.61. The maximum atomic E-state index is 12.7. The van der Waals surface area contributed by atoms with Crippen molar-refractivity contribution in [2.75, 3.05) is 0 Å². The molecule has 1 N–H and O–H groups in total. The van der Waals surface area contributed by atoms with Crippen LogP contribution in [0, 0.1) is 0 Å². The number of hydrogen-bond acceptors (Lipinski definition) is 2. The van der Waals surface area contributed by atoms with Gasteiger partial charge in [-0.2, -0.15) is 13.2 Å². The van der Waals surface area contributed by atoms with Crippen LogP contribution in [0.4, 0.5) is 13.2 Å². The van der Waals surface area contributed by atoms with Gasteiger partial charge in [-0.3, -0.25) is 9.59 Å². The number of rotatable bonds is 4. The zero-order valence-electron chi connectivity index (χ0n) is 15.7. The van der Waals surface area contributed by atoms with Gasteiger partial charge in [0.25, 0.3) is 0 Å². The van der Waals surface area contributed by atoms with Gasteiger partial charge >= 0.3 is 6.18 Å². The largest absolute Gasteiger partial charge is 0.416 e. The third-order valence-electron chi connectivity index (χ3n) is 4.95. The third kappa shape index (κ3) is 3.78. The highest BCUT2D eigenvalue weighted by molar-refractivity contribution is 5.94. The first-order valence-electron chi connectivity index (χ1n) is 9.28. The lowest BCUT2D eigenvalue weighted by Crippen LogP contribution is -2.28. The molecular formula is C23H17F3N2O2. The Kier molecular flexibility index (Phi) is 5.03. The van der Waals surface area contributed by atoms with Gasteiger partial charge in [-0.05, 0) is 42.0 Å². The van der Waals surface area contributed by atoms with Crippen molar-refractivity contribution in [2.45, 2.75) is 19.3 Å². The number of nitrogens with one attached hydrogen (secondary N) is 1. The maximum absolute atomic E-state index is 12.7. The van der Waals surface area contributed by atoms with E-state index < -0.39 is 11.7 Å². The molecule has 0 bridgehead atoms. The molecule has 0 aliphatic carbocycles. The second-order valence-corrected chi connectivity index (χ2v) is 6.92. The van der Waals surface area contributed by atoms with Crippen LogP contribution in [0.15, 0.2) is 77.6 Å². The second kappa shape index (κ2) is 7.67. The molecule has 0 unspecified atom stereocenters. The number of carbonyl (C=O) groups excluding carboxylic acids is 1. The fraction of sp³-hybridized carbons (Fsp3) is 0.130. The molecule has 0 fully saturated rings. The average molecular weight is 410 g/mol. The highest BCUT2D eigenvalue weighted by Gasteiger charge is 2.29. The van der Waals surface area contributed by atoms with E-state index in [2.05, 4.69) is 5.32 Å².